The second-order valence-electron chi connectivity index (χ2n) is 3.43. The van der Waals surface area contributed by atoms with Crippen molar-refractivity contribution >= 4 is 0 Å². The van der Waals surface area contributed by atoms with Crippen LogP contribution in [0.1, 0.15) is 6.92 Å². The molecule has 0 aliphatic carbocycles. The number of ether oxygens (including phenoxy) is 1. The Bertz CT molecular complexity index is 195. The van der Waals surface area contributed by atoms with E-state index in [0.717, 1.165) is 26.2 Å². The van der Waals surface area contributed by atoms with Crippen LogP contribution in [-0.2, 0) is 4.74 Å². The monoisotopic (exact) mass is 198 g/mol. The Morgan fingerprint density at radius 1 is 1.57 bits per heavy atom. The van der Waals surface area contributed by atoms with Crippen molar-refractivity contribution in [1.82, 2.24) is 10.2 Å². The van der Waals surface area contributed by atoms with Gasteiger partial charge in [0.05, 0.1) is 6.10 Å². The Hall–Kier alpha value is -0.600. The van der Waals surface area contributed by atoms with Crippen LogP contribution in [0.3, 0.4) is 0 Å². The summed E-state index contributed by atoms with van der Waals surface area (Å²) in [6, 6.07) is 0. The van der Waals surface area contributed by atoms with Crippen molar-refractivity contribution in [2.75, 3.05) is 32.8 Å². The lowest BCUT2D eigenvalue weighted by Gasteiger charge is -2.35. The summed E-state index contributed by atoms with van der Waals surface area (Å²) >= 11 is 0. The molecule has 1 aliphatic heterocycles. The Morgan fingerprint density at radius 2 is 2.21 bits per heavy atom. The van der Waals surface area contributed by atoms with Crippen molar-refractivity contribution in [1.29, 1.82) is 0 Å². The van der Waals surface area contributed by atoms with Crippen molar-refractivity contribution in [2.45, 2.75) is 19.3 Å². The summed E-state index contributed by atoms with van der Waals surface area (Å²) in [5, 5.41) is 12.8. The largest absolute Gasteiger partial charge is 0.389 e. The van der Waals surface area contributed by atoms with Gasteiger partial charge >= 0.3 is 0 Å². The lowest BCUT2D eigenvalue weighted by Crippen LogP contribution is -2.53. The molecule has 2 atom stereocenters. The molecule has 80 valence electrons. The van der Waals surface area contributed by atoms with Crippen LogP contribution in [0.2, 0.25) is 0 Å². The number of nitrogens with zero attached hydrogens (tertiary/aromatic N) is 1. The van der Waals surface area contributed by atoms with Crippen LogP contribution in [0, 0.1) is 12.3 Å². The van der Waals surface area contributed by atoms with Crippen molar-refractivity contribution in [3.63, 3.8) is 0 Å². The standard InChI is InChI=1S/C10H18N2O2/c1-3-8-14-10(9(2)13)12-6-4-11-5-7-12/h1,9-11,13H,4-8H2,2H3. The second-order valence-corrected chi connectivity index (χ2v) is 3.43. The summed E-state index contributed by atoms with van der Waals surface area (Å²) in [7, 11) is 0. The highest BCUT2D eigenvalue weighted by molar-refractivity contribution is 4.84. The van der Waals surface area contributed by atoms with E-state index in [1.54, 1.807) is 6.92 Å². The summed E-state index contributed by atoms with van der Waals surface area (Å²) in [5.74, 6) is 2.42. The third-order valence-electron chi connectivity index (χ3n) is 2.26. The molecule has 1 rings (SSSR count). The van der Waals surface area contributed by atoms with Crippen LogP contribution in [-0.4, -0.2) is 55.1 Å². The average molecular weight is 198 g/mol. The van der Waals surface area contributed by atoms with E-state index in [1.807, 2.05) is 0 Å². The minimum absolute atomic E-state index is 0.249. The van der Waals surface area contributed by atoms with Gasteiger partial charge in [-0.2, -0.15) is 0 Å². The molecule has 4 heteroatoms. The highest BCUT2D eigenvalue weighted by atomic mass is 16.5. The predicted octanol–water partition coefficient (Wildman–Crippen LogP) is -0.752. The number of piperazine rings is 1. The second kappa shape index (κ2) is 5.99. The fourth-order valence-corrected chi connectivity index (χ4v) is 1.62. The van der Waals surface area contributed by atoms with Crippen molar-refractivity contribution < 1.29 is 9.84 Å². The zero-order valence-corrected chi connectivity index (χ0v) is 8.57. The number of rotatable bonds is 4. The van der Waals surface area contributed by atoms with Gasteiger partial charge in [-0.05, 0) is 6.92 Å². The average Bonchev–Trinajstić information content (AvgIpc) is 2.19. The van der Waals surface area contributed by atoms with E-state index in [1.165, 1.54) is 0 Å². The maximum absolute atomic E-state index is 9.54. The molecular formula is C10H18N2O2. The van der Waals surface area contributed by atoms with Gasteiger partial charge in [-0.25, -0.2) is 0 Å². The molecule has 0 bridgehead atoms. The third-order valence-corrected chi connectivity index (χ3v) is 2.26. The van der Waals surface area contributed by atoms with Crippen LogP contribution in [0.4, 0.5) is 0 Å². The first kappa shape index (κ1) is 11.5. The maximum atomic E-state index is 9.54. The summed E-state index contributed by atoms with van der Waals surface area (Å²) in [6.07, 6.45) is 4.34. The SMILES string of the molecule is C#CCOC(C(C)O)N1CCNCC1. The molecule has 1 saturated heterocycles. The smallest absolute Gasteiger partial charge is 0.137 e. The number of hydrogen-bond donors (Lipinski definition) is 2. The van der Waals surface area contributed by atoms with E-state index >= 15 is 0 Å². The van der Waals surface area contributed by atoms with E-state index < -0.39 is 6.10 Å². The first-order valence-electron chi connectivity index (χ1n) is 4.93. The molecule has 0 aromatic heterocycles. The van der Waals surface area contributed by atoms with Crippen LogP contribution in [0.5, 0.6) is 0 Å². The van der Waals surface area contributed by atoms with Gasteiger partial charge in [-0.1, -0.05) is 5.92 Å². The molecule has 1 aliphatic rings. The summed E-state index contributed by atoms with van der Waals surface area (Å²) in [6.45, 7) is 5.62. The zero-order chi connectivity index (χ0) is 10.4. The summed E-state index contributed by atoms with van der Waals surface area (Å²) in [5.41, 5.74) is 0. The molecule has 0 radical (unpaired) electrons. The van der Waals surface area contributed by atoms with Gasteiger partial charge < -0.3 is 15.2 Å². The number of hydrogen-bond acceptors (Lipinski definition) is 4. The molecule has 0 spiro atoms. The highest BCUT2D eigenvalue weighted by Crippen LogP contribution is 2.07. The van der Waals surface area contributed by atoms with Crippen molar-refractivity contribution in [3.8, 4) is 12.3 Å². The van der Waals surface area contributed by atoms with E-state index in [9.17, 15) is 5.11 Å². The van der Waals surface area contributed by atoms with Crippen LogP contribution in [0.25, 0.3) is 0 Å². The molecule has 14 heavy (non-hydrogen) atoms. The van der Waals surface area contributed by atoms with Gasteiger partial charge in [0.1, 0.15) is 12.8 Å². The van der Waals surface area contributed by atoms with Crippen LogP contribution < -0.4 is 5.32 Å². The van der Waals surface area contributed by atoms with E-state index in [-0.39, 0.29) is 12.8 Å². The van der Waals surface area contributed by atoms with Gasteiger partial charge in [-0.15, -0.1) is 6.42 Å². The Balaban J connectivity index is 2.43. The fraction of sp³-hybridized carbons (Fsp3) is 0.800. The number of aliphatic hydroxyl groups is 1. The summed E-state index contributed by atoms with van der Waals surface area (Å²) in [4.78, 5) is 2.11. The molecule has 2 unspecified atom stereocenters. The van der Waals surface area contributed by atoms with Crippen LogP contribution >= 0.6 is 0 Å². The fourth-order valence-electron chi connectivity index (χ4n) is 1.62. The van der Waals surface area contributed by atoms with E-state index in [0.29, 0.717) is 0 Å². The van der Waals surface area contributed by atoms with Gasteiger partial charge in [0.25, 0.3) is 0 Å². The molecule has 1 fully saturated rings. The number of nitrogens with one attached hydrogen (secondary N) is 1. The Labute approximate surface area is 85.2 Å². The first-order valence-corrected chi connectivity index (χ1v) is 4.93. The molecule has 2 N–H and O–H groups in total. The quantitative estimate of drug-likeness (QED) is 0.583. The van der Waals surface area contributed by atoms with Crippen molar-refractivity contribution in [3.05, 3.63) is 0 Å². The van der Waals surface area contributed by atoms with E-state index in [2.05, 4.69) is 16.1 Å². The van der Waals surface area contributed by atoms with Crippen LogP contribution in [0.15, 0.2) is 0 Å². The molecule has 4 nitrogen and oxygen atoms in total. The molecule has 0 aromatic carbocycles. The number of aliphatic hydroxyl groups excluding tert-OH is 1. The van der Waals surface area contributed by atoms with Crippen molar-refractivity contribution in [2.24, 2.45) is 0 Å². The lowest BCUT2D eigenvalue weighted by atomic mass is 10.2. The molecule has 0 aromatic rings. The number of terminal acetylenes is 1. The zero-order valence-electron chi connectivity index (χ0n) is 8.57. The van der Waals surface area contributed by atoms with Gasteiger partial charge in [0, 0.05) is 26.2 Å². The molecule has 0 amide bonds. The first-order chi connectivity index (χ1) is 6.75. The summed E-state index contributed by atoms with van der Waals surface area (Å²) < 4.78 is 5.40. The predicted molar refractivity (Wildman–Crippen MR) is 54.7 cm³/mol. The molecule has 0 saturated carbocycles. The molecular weight excluding hydrogens is 180 g/mol. The lowest BCUT2D eigenvalue weighted by molar-refractivity contribution is -0.113. The van der Waals surface area contributed by atoms with Gasteiger partial charge in [-0.3, -0.25) is 4.90 Å². The maximum Gasteiger partial charge on any atom is 0.137 e. The molecule has 1 heterocycles. The highest BCUT2D eigenvalue weighted by Gasteiger charge is 2.24. The topological polar surface area (TPSA) is 44.7 Å². The normalized spacial score (nSPS) is 22.6. The van der Waals surface area contributed by atoms with E-state index in [4.69, 9.17) is 11.2 Å². The Morgan fingerprint density at radius 3 is 2.71 bits per heavy atom. The third kappa shape index (κ3) is 3.28. The van der Waals surface area contributed by atoms with Gasteiger partial charge in [0.15, 0.2) is 0 Å². The Kier molecular flexibility index (Phi) is 4.91. The minimum Gasteiger partial charge on any atom is -0.389 e. The minimum atomic E-state index is -0.513. The van der Waals surface area contributed by atoms with Gasteiger partial charge in [0.2, 0.25) is 0 Å².